The van der Waals surface area contributed by atoms with Crippen LogP contribution in [0.25, 0.3) is 11.5 Å². The highest BCUT2D eigenvalue weighted by atomic mass is 16.6. The van der Waals surface area contributed by atoms with Crippen LogP contribution in [0.4, 0.5) is 10.5 Å². The second-order valence-corrected chi connectivity index (χ2v) is 8.47. The Labute approximate surface area is 188 Å². The van der Waals surface area contributed by atoms with Crippen LogP contribution in [0.3, 0.4) is 0 Å². The van der Waals surface area contributed by atoms with Crippen LogP contribution in [0.2, 0.25) is 0 Å². The first kappa shape index (κ1) is 22.4. The maximum atomic E-state index is 12.9. The Morgan fingerprint density at radius 3 is 2.61 bits per heavy atom. The van der Waals surface area contributed by atoms with E-state index in [0.29, 0.717) is 24.3 Å². The number of hydrogen-bond acceptors (Lipinski definition) is 9. The molecule has 12 heteroatoms. The summed E-state index contributed by atoms with van der Waals surface area (Å²) in [6, 6.07) is 4.94. The summed E-state index contributed by atoms with van der Waals surface area (Å²) in [5.74, 6) is -0.591. The predicted octanol–water partition coefficient (Wildman–Crippen LogP) is 2.75. The monoisotopic (exact) mass is 457 g/mol. The molecule has 174 valence electrons. The summed E-state index contributed by atoms with van der Waals surface area (Å²) < 4.78 is 10.8. The number of ether oxygens (including phenoxy) is 1. The number of carbonyl (C=O) groups excluding carboxylic acids is 3. The molecule has 1 saturated carbocycles. The molecule has 4 rings (SSSR count). The van der Waals surface area contributed by atoms with E-state index >= 15 is 0 Å². The molecule has 1 atom stereocenters. The number of nitrogens with zero attached hydrogens (tertiary/aromatic N) is 4. The van der Waals surface area contributed by atoms with Crippen LogP contribution < -0.4 is 5.32 Å². The lowest BCUT2D eigenvalue weighted by Gasteiger charge is -2.33. The fraction of sp³-hybridized carbons (Fsp3) is 0.476. The fourth-order valence-electron chi connectivity index (χ4n) is 4.07. The highest BCUT2D eigenvalue weighted by molar-refractivity contribution is 6.08. The number of imide groups is 1. The highest BCUT2D eigenvalue weighted by Gasteiger charge is 2.52. The van der Waals surface area contributed by atoms with Gasteiger partial charge in [0.1, 0.15) is 12.1 Å². The fourth-order valence-corrected chi connectivity index (χ4v) is 4.07. The molecule has 3 amide bonds. The van der Waals surface area contributed by atoms with E-state index in [9.17, 15) is 24.5 Å². The number of nitro benzene ring substituents is 1. The molecule has 2 aromatic rings. The summed E-state index contributed by atoms with van der Waals surface area (Å²) in [5.41, 5.74) is -0.545. The standard InChI is InChI=1S/C21H23N5O7/c1-12-7-9-21(10-8-12)19(28)25(20(29)22-21)11-16(27)32-13(2)17-23-24-18(33-17)14-3-5-15(6-4-14)26(30)31/h3-6,12-13H,7-11H2,1-2H3,(H,22,29). The highest BCUT2D eigenvalue weighted by Crippen LogP contribution is 2.36. The summed E-state index contributed by atoms with van der Waals surface area (Å²) in [6.45, 7) is 3.10. The summed E-state index contributed by atoms with van der Waals surface area (Å²) in [5, 5.41) is 21.3. The van der Waals surface area contributed by atoms with E-state index in [-0.39, 0.29) is 17.5 Å². The van der Waals surface area contributed by atoms with Gasteiger partial charge in [0, 0.05) is 17.7 Å². The lowest BCUT2D eigenvalue weighted by molar-refractivity contribution is -0.384. The number of aromatic nitrogens is 2. The van der Waals surface area contributed by atoms with Gasteiger partial charge < -0.3 is 14.5 Å². The Bertz CT molecular complexity index is 1090. The number of nitrogens with one attached hydrogen (secondary N) is 1. The summed E-state index contributed by atoms with van der Waals surface area (Å²) in [4.78, 5) is 48.8. The quantitative estimate of drug-likeness (QED) is 0.298. The summed E-state index contributed by atoms with van der Waals surface area (Å²) in [7, 11) is 0. The normalized spacial score (nSPS) is 23.5. The molecule has 2 aliphatic rings. The second-order valence-electron chi connectivity index (χ2n) is 8.47. The van der Waals surface area contributed by atoms with Crippen molar-refractivity contribution in [1.29, 1.82) is 0 Å². The van der Waals surface area contributed by atoms with Crippen molar-refractivity contribution >= 4 is 23.6 Å². The zero-order valence-corrected chi connectivity index (χ0v) is 18.1. The average Bonchev–Trinajstić information content (AvgIpc) is 3.36. The van der Waals surface area contributed by atoms with Crippen LogP contribution in [0, 0.1) is 16.0 Å². The first-order chi connectivity index (χ1) is 15.7. The van der Waals surface area contributed by atoms with Crippen molar-refractivity contribution in [2.75, 3.05) is 6.54 Å². The number of non-ortho nitro benzene ring substituents is 1. The van der Waals surface area contributed by atoms with Crippen molar-refractivity contribution in [3.8, 4) is 11.5 Å². The number of urea groups is 1. The molecule has 0 radical (unpaired) electrons. The number of rotatable bonds is 6. The zero-order valence-electron chi connectivity index (χ0n) is 18.1. The molecular weight excluding hydrogens is 434 g/mol. The number of carbonyl (C=O) groups is 3. The van der Waals surface area contributed by atoms with Crippen LogP contribution in [-0.2, 0) is 14.3 Å². The summed E-state index contributed by atoms with van der Waals surface area (Å²) >= 11 is 0. The Kier molecular flexibility index (Phi) is 5.83. The van der Waals surface area contributed by atoms with Crippen LogP contribution in [0.5, 0.6) is 0 Å². The van der Waals surface area contributed by atoms with E-state index in [1.54, 1.807) is 0 Å². The van der Waals surface area contributed by atoms with Crippen LogP contribution >= 0.6 is 0 Å². The van der Waals surface area contributed by atoms with E-state index in [1.807, 2.05) is 0 Å². The van der Waals surface area contributed by atoms with Crippen molar-refractivity contribution in [2.45, 2.75) is 51.2 Å². The third-order valence-corrected chi connectivity index (χ3v) is 6.08. The number of esters is 1. The third kappa shape index (κ3) is 4.41. The van der Waals surface area contributed by atoms with Crippen molar-refractivity contribution in [3.05, 3.63) is 40.3 Å². The third-order valence-electron chi connectivity index (χ3n) is 6.08. The molecule has 2 heterocycles. The second kappa shape index (κ2) is 8.60. The Hall–Kier alpha value is -3.83. The molecule has 1 aliphatic heterocycles. The molecule has 1 aliphatic carbocycles. The van der Waals surface area contributed by atoms with Crippen LogP contribution in [0.1, 0.15) is 51.5 Å². The van der Waals surface area contributed by atoms with Gasteiger partial charge in [-0.05, 0) is 50.7 Å². The average molecular weight is 457 g/mol. The maximum Gasteiger partial charge on any atom is 0.327 e. The number of nitro groups is 1. The van der Waals surface area contributed by atoms with Crippen molar-refractivity contribution < 1.29 is 28.5 Å². The molecule has 1 aromatic carbocycles. The minimum Gasteiger partial charge on any atom is -0.451 e. The largest absolute Gasteiger partial charge is 0.451 e. The number of amides is 3. The van der Waals surface area contributed by atoms with Crippen molar-refractivity contribution in [3.63, 3.8) is 0 Å². The molecule has 33 heavy (non-hydrogen) atoms. The lowest BCUT2D eigenvalue weighted by atomic mass is 9.77. The SMILES string of the molecule is CC1CCC2(CC1)NC(=O)N(CC(=O)OC(C)c1nnc(-c3ccc([N+](=O)[O-])cc3)o1)C2=O. The minimum atomic E-state index is -0.929. The van der Waals surface area contributed by atoms with Gasteiger partial charge in [-0.15, -0.1) is 10.2 Å². The number of benzene rings is 1. The molecule has 1 spiro atoms. The molecule has 1 aromatic heterocycles. The first-order valence-electron chi connectivity index (χ1n) is 10.6. The van der Waals surface area contributed by atoms with E-state index in [2.05, 4.69) is 22.4 Å². The van der Waals surface area contributed by atoms with Crippen molar-refractivity contribution in [2.24, 2.45) is 5.92 Å². The predicted molar refractivity (Wildman–Crippen MR) is 112 cm³/mol. The molecule has 2 fully saturated rings. The van der Waals surface area contributed by atoms with Gasteiger partial charge in [-0.1, -0.05) is 6.92 Å². The lowest BCUT2D eigenvalue weighted by Crippen LogP contribution is -2.49. The Balaban J connectivity index is 1.37. The van der Waals surface area contributed by atoms with E-state index < -0.39 is 41.0 Å². The maximum absolute atomic E-state index is 12.9. The van der Waals surface area contributed by atoms with Crippen LogP contribution in [-0.4, -0.2) is 50.0 Å². The van der Waals surface area contributed by atoms with Gasteiger partial charge in [-0.3, -0.25) is 24.6 Å². The van der Waals surface area contributed by atoms with Crippen LogP contribution in [0.15, 0.2) is 28.7 Å². The van der Waals surface area contributed by atoms with E-state index in [4.69, 9.17) is 9.15 Å². The van der Waals surface area contributed by atoms with Gasteiger partial charge in [-0.25, -0.2) is 4.79 Å². The molecule has 1 N–H and O–H groups in total. The Morgan fingerprint density at radius 1 is 1.30 bits per heavy atom. The smallest absolute Gasteiger partial charge is 0.327 e. The minimum absolute atomic E-state index is 0.00615. The van der Waals surface area contributed by atoms with Gasteiger partial charge >= 0.3 is 12.0 Å². The van der Waals surface area contributed by atoms with Gasteiger partial charge in [0.2, 0.25) is 5.89 Å². The molecule has 1 unspecified atom stereocenters. The zero-order chi connectivity index (χ0) is 23.8. The molecule has 0 bridgehead atoms. The topological polar surface area (TPSA) is 158 Å². The van der Waals surface area contributed by atoms with Crippen molar-refractivity contribution in [1.82, 2.24) is 20.4 Å². The van der Waals surface area contributed by atoms with Gasteiger partial charge in [0.25, 0.3) is 17.5 Å². The number of hydrogen-bond donors (Lipinski definition) is 1. The molecule has 1 saturated heterocycles. The molecular formula is C21H23N5O7. The van der Waals surface area contributed by atoms with Gasteiger partial charge in [-0.2, -0.15) is 0 Å². The van der Waals surface area contributed by atoms with E-state index in [0.717, 1.165) is 17.7 Å². The molecule has 12 nitrogen and oxygen atoms in total. The van der Waals surface area contributed by atoms with E-state index in [1.165, 1.54) is 31.2 Å². The summed E-state index contributed by atoms with van der Waals surface area (Å²) in [6.07, 6.45) is 1.83. The Morgan fingerprint density at radius 2 is 1.97 bits per heavy atom. The van der Waals surface area contributed by atoms with Gasteiger partial charge in [0.15, 0.2) is 6.10 Å². The van der Waals surface area contributed by atoms with Gasteiger partial charge in [0.05, 0.1) is 4.92 Å². The first-order valence-corrected chi connectivity index (χ1v) is 10.6.